The zero-order chi connectivity index (χ0) is 36.1. The van der Waals surface area contributed by atoms with E-state index in [0.717, 1.165) is 61.5 Å². The number of nitrogens with zero attached hydrogens (tertiary/aromatic N) is 3. The van der Waals surface area contributed by atoms with Crippen molar-refractivity contribution in [2.45, 2.75) is 78.6 Å². The fourth-order valence-electron chi connectivity index (χ4n) is 6.56. The molecule has 3 heterocycles. The van der Waals surface area contributed by atoms with Gasteiger partial charge in [-0.25, -0.2) is 4.98 Å². The van der Waals surface area contributed by atoms with Crippen LogP contribution in [0.25, 0.3) is 67.1 Å². The van der Waals surface area contributed by atoms with Crippen molar-refractivity contribution in [1.29, 1.82) is 0 Å². The number of hydrogen-bond acceptors (Lipinski definition) is 3. The van der Waals surface area contributed by atoms with E-state index in [1.807, 2.05) is 12.3 Å². The highest BCUT2D eigenvalue weighted by atomic mass is 15.1. The number of aromatic nitrogens is 4. The number of pyridine rings is 2. The summed E-state index contributed by atoms with van der Waals surface area (Å²) in [5.74, 6) is 0. The van der Waals surface area contributed by atoms with E-state index >= 15 is 0 Å². The van der Waals surface area contributed by atoms with Gasteiger partial charge in [0.05, 0.1) is 28.3 Å². The zero-order valence-electron chi connectivity index (χ0n) is 31.4. The van der Waals surface area contributed by atoms with Crippen LogP contribution in [-0.4, -0.2) is 20.2 Å². The van der Waals surface area contributed by atoms with E-state index in [0.29, 0.717) is 0 Å². The molecule has 0 unspecified atom stereocenters. The molecule has 0 fully saturated rings. The Morgan fingerprint density at radius 2 is 1.04 bits per heavy atom. The number of H-pyrrole nitrogens is 1. The second-order valence-corrected chi connectivity index (χ2v) is 16.9. The third-order valence-electron chi connectivity index (χ3n) is 9.83. The minimum Gasteiger partial charge on any atom is -0.277 e. The minimum atomic E-state index is -0.00603. The summed E-state index contributed by atoms with van der Waals surface area (Å²) in [6, 6.07) is 41.3. The van der Waals surface area contributed by atoms with Gasteiger partial charge < -0.3 is 0 Å². The molecule has 0 aliphatic heterocycles. The zero-order valence-corrected chi connectivity index (χ0v) is 31.4. The predicted octanol–water partition coefficient (Wildman–Crippen LogP) is 12.6. The number of fused-ring (bicyclic) bond motifs is 1. The lowest BCUT2D eigenvalue weighted by Crippen LogP contribution is -2.16. The molecule has 256 valence electrons. The van der Waals surface area contributed by atoms with Gasteiger partial charge in [0.25, 0.3) is 0 Å². The van der Waals surface area contributed by atoms with Gasteiger partial charge in [0, 0.05) is 33.8 Å². The third kappa shape index (κ3) is 7.01. The van der Waals surface area contributed by atoms with Crippen LogP contribution in [0.15, 0.2) is 121 Å². The largest absolute Gasteiger partial charge is 0.277 e. The van der Waals surface area contributed by atoms with Gasteiger partial charge in [-0.1, -0.05) is 153 Å². The quantitative estimate of drug-likeness (QED) is 0.199. The summed E-state index contributed by atoms with van der Waals surface area (Å²) in [7, 11) is 0. The molecule has 51 heavy (non-hydrogen) atoms. The van der Waals surface area contributed by atoms with Crippen molar-refractivity contribution in [3.63, 3.8) is 0 Å². The van der Waals surface area contributed by atoms with Gasteiger partial charge in [0.15, 0.2) is 0 Å². The van der Waals surface area contributed by atoms with Crippen molar-refractivity contribution in [1.82, 2.24) is 20.2 Å². The highest BCUT2D eigenvalue weighted by Crippen LogP contribution is 2.39. The second-order valence-electron chi connectivity index (χ2n) is 16.9. The maximum absolute atomic E-state index is 5.39. The van der Waals surface area contributed by atoms with Crippen molar-refractivity contribution < 1.29 is 0 Å². The lowest BCUT2D eigenvalue weighted by atomic mass is 9.79. The Morgan fingerprint density at radius 3 is 1.67 bits per heavy atom. The molecule has 0 aliphatic carbocycles. The molecule has 0 spiro atoms. The Bertz CT molecular complexity index is 2310. The number of aromatic amines is 1. The molecule has 0 radical (unpaired) electrons. The number of benzene rings is 4. The molecule has 0 saturated heterocycles. The summed E-state index contributed by atoms with van der Waals surface area (Å²) in [5.41, 5.74) is 15.1. The molecule has 0 saturated carbocycles. The smallest absolute Gasteiger partial charge is 0.0999 e. The van der Waals surface area contributed by atoms with Gasteiger partial charge in [0.1, 0.15) is 0 Å². The van der Waals surface area contributed by atoms with E-state index < -0.39 is 0 Å². The first-order chi connectivity index (χ1) is 24.1. The standard InChI is InChI=1S/C47H48N4/c1-45(2,3)35-21-22-40(48-29-35)31-17-13-18-32(23-31)41-26-34(33-24-36(46(4,5)6)28-37(25-33)47(7,8)9)27-42(49-41)38-19-14-20-39-43(50-51-44(38)39)30-15-11-10-12-16-30/h10-29H,1-9H3,(H,50,51). The van der Waals surface area contributed by atoms with E-state index in [2.05, 4.69) is 177 Å². The van der Waals surface area contributed by atoms with Gasteiger partial charge in [-0.2, -0.15) is 5.10 Å². The highest BCUT2D eigenvalue weighted by Gasteiger charge is 2.22. The lowest BCUT2D eigenvalue weighted by Gasteiger charge is -2.26. The van der Waals surface area contributed by atoms with E-state index in [1.54, 1.807) is 0 Å². The highest BCUT2D eigenvalue weighted by molar-refractivity contribution is 6.01. The molecule has 4 aromatic carbocycles. The molecule has 0 atom stereocenters. The monoisotopic (exact) mass is 668 g/mol. The van der Waals surface area contributed by atoms with Crippen LogP contribution in [0.5, 0.6) is 0 Å². The van der Waals surface area contributed by atoms with Gasteiger partial charge >= 0.3 is 0 Å². The Morgan fingerprint density at radius 1 is 0.451 bits per heavy atom. The van der Waals surface area contributed by atoms with Crippen LogP contribution in [0.3, 0.4) is 0 Å². The molecule has 0 bridgehead atoms. The van der Waals surface area contributed by atoms with Crippen LogP contribution in [-0.2, 0) is 16.2 Å². The number of hydrogen-bond donors (Lipinski definition) is 1. The van der Waals surface area contributed by atoms with E-state index in [-0.39, 0.29) is 16.2 Å². The molecule has 1 N–H and O–H groups in total. The average Bonchev–Trinajstić information content (AvgIpc) is 3.55. The Kier molecular flexibility index (Phi) is 8.54. The first-order valence-electron chi connectivity index (χ1n) is 17.9. The summed E-state index contributed by atoms with van der Waals surface area (Å²) >= 11 is 0. The maximum Gasteiger partial charge on any atom is 0.0999 e. The summed E-state index contributed by atoms with van der Waals surface area (Å²) in [6.45, 7) is 20.4. The van der Waals surface area contributed by atoms with Crippen molar-refractivity contribution in [3.05, 3.63) is 138 Å². The van der Waals surface area contributed by atoms with Gasteiger partial charge in [0.2, 0.25) is 0 Å². The normalized spacial score (nSPS) is 12.4. The van der Waals surface area contributed by atoms with Crippen LogP contribution in [0.2, 0.25) is 0 Å². The molecule has 4 nitrogen and oxygen atoms in total. The molecule has 0 aliphatic rings. The van der Waals surface area contributed by atoms with Crippen LogP contribution < -0.4 is 0 Å². The minimum absolute atomic E-state index is 0.00603. The first-order valence-corrected chi connectivity index (χ1v) is 17.9. The summed E-state index contributed by atoms with van der Waals surface area (Å²) < 4.78 is 0. The lowest BCUT2D eigenvalue weighted by molar-refractivity contribution is 0.569. The average molecular weight is 669 g/mol. The van der Waals surface area contributed by atoms with Crippen LogP contribution >= 0.6 is 0 Å². The molecule has 0 amide bonds. The van der Waals surface area contributed by atoms with Gasteiger partial charge in [-0.05, 0) is 68.3 Å². The Hall–Kier alpha value is -5.35. The topological polar surface area (TPSA) is 54.5 Å². The van der Waals surface area contributed by atoms with Gasteiger partial charge in [-0.15, -0.1) is 0 Å². The number of rotatable bonds is 5. The van der Waals surface area contributed by atoms with Crippen molar-refractivity contribution in [2.75, 3.05) is 0 Å². The fourth-order valence-corrected chi connectivity index (χ4v) is 6.56. The molecule has 7 aromatic rings. The molecule has 3 aromatic heterocycles. The second kappa shape index (κ2) is 12.8. The number of nitrogens with one attached hydrogen (secondary N) is 1. The first kappa shape index (κ1) is 34.1. The molecular formula is C47H48N4. The van der Waals surface area contributed by atoms with Crippen molar-refractivity contribution in [3.8, 4) is 56.2 Å². The van der Waals surface area contributed by atoms with Crippen molar-refractivity contribution >= 4 is 10.9 Å². The summed E-state index contributed by atoms with van der Waals surface area (Å²) in [5, 5.41) is 9.25. The Labute approximate surface area is 303 Å². The fraction of sp³-hybridized carbons (Fsp3) is 0.255. The maximum atomic E-state index is 5.39. The SMILES string of the molecule is CC(C)(C)c1ccc(-c2cccc(-c3cc(-c4cc(C(C)(C)C)cc(C(C)(C)C)c4)cc(-c4cccc5c(-c6ccccc6)n[nH]c45)n3)c2)nc1. The third-order valence-corrected chi connectivity index (χ3v) is 9.83. The van der Waals surface area contributed by atoms with Crippen molar-refractivity contribution in [2.24, 2.45) is 0 Å². The van der Waals surface area contributed by atoms with E-state index in [1.165, 1.54) is 22.3 Å². The van der Waals surface area contributed by atoms with Gasteiger partial charge in [-0.3, -0.25) is 10.1 Å². The Balaban J connectivity index is 1.43. The molecule has 4 heteroatoms. The number of para-hydroxylation sites is 1. The molecule has 7 rings (SSSR count). The summed E-state index contributed by atoms with van der Waals surface area (Å²) in [4.78, 5) is 10.3. The molecular weight excluding hydrogens is 621 g/mol. The predicted molar refractivity (Wildman–Crippen MR) is 215 cm³/mol. The van der Waals surface area contributed by atoms with E-state index in [4.69, 9.17) is 15.1 Å². The summed E-state index contributed by atoms with van der Waals surface area (Å²) in [6.07, 6.45) is 2.00. The van der Waals surface area contributed by atoms with Crippen LogP contribution in [0.4, 0.5) is 0 Å². The van der Waals surface area contributed by atoms with E-state index in [9.17, 15) is 0 Å². The van der Waals surface area contributed by atoms with Crippen LogP contribution in [0, 0.1) is 0 Å². The van der Waals surface area contributed by atoms with Crippen LogP contribution in [0.1, 0.15) is 79.0 Å².